The third-order valence-corrected chi connectivity index (χ3v) is 7.13. The first-order chi connectivity index (χ1) is 15.7. The van der Waals surface area contributed by atoms with Crippen molar-refractivity contribution in [3.63, 3.8) is 0 Å². The number of nitrogens with one attached hydrogen (secondary N) is 1. The molecule has 4 aromatic rings. The monoisotopic (exact) mass is 465 g/mol. The van der Waals surface area contributed by atoms with Gasteiger partial charge in [0.15, 0.2) is 5.82 Å². The highest BCUT2D eigenvalue weighted by atomic mass is 35.5. The number of aromatic nitrogens is 3. The standard InChI is InChI=1S/C24H24ClN5OS/c25-20-8-2-1-7-19(20)21-15-22-23(26-11-13-30(22)28-21)29-12-3-5-17(16-29)24(31)27-10-9-18-6-4-14-32-18/h1-2,4,6-8,11,13-15,17H,3,5,9-10,12,16H2,(H,27,31)/t17-/m1/s1. The Morgan fingerprint density at radius 2 is 2.16 bits per heavy atom. The molecule has 1 aliphatic rings. The molecule has 5 rings (SSSR count). The third kappa shape index (κ3) is 4.36. The van der Waals surface area contributed by atoms with Gasteiger partial charge < -0.3 is 10.2 Å². The summed E-state index contributed by atoms with van der Waals surface area (Å²) in [5, 5.41) is 10.6. The second-order valence-electron chi connectivity index (χ2n) is 8.00. The van der Waals surface area contributed by atoms with Gasteiger partial charge in [-0.1, -0.05) is 35.9 Å². The lowest BCUT2D eigenvalue weighted by Gasteiger charge is -2.33. The number of thiophene rings is 1. The molecule has 0 aliphatic carbocycles. The molecular weight excluding hydrogens is 442 g/mol. The molecule has 0 unspecified atom stereocenters. The van der Waals surface area contributed by atoms with E-state index in [9.17, 15) is 4.79 Å². The van der Waals surface area contributed by atoms with Gasteiger partial charge in [-0.15, -0.1) is 11.3 Å². The zero-order valence-corrected chi connectivity index (χ0v) is 19.1. The molecule has 1 saturated heterocycles. The third-order valence-electron chi connectivity index (χ3n) is 5.86. The van der Waals surface area contributed by atoms with Crippen LogP contribution in [0.2, 0.25) is 5.02 Å². The second-order valence-corrected chi connectivity index (χ2v) is 9.44. The summed E-state index contributed by atoms with van der Waals surface area (Å²) in [7, 11) is 0. The molecule has 1 N–H and O–H groups in total. The zero-order chi connectivity index (χ0) is 21.9. The van der Waals surface area contributed by atoms with Crippen molar-refractivity contribution in [3.05, 3.63) is 70.1 Å². The van der Waals surface area contributed by atoms with Gasteiger partial charge in [-0.05, 0) is 42.8 Å². The molecule has 4 heterocycles. The van der Waals surface area contributed by atoms with Crippen LogP contribution in [0.5, 0.6) is 0 Å². The fraction of sp³-hybridized carbons (Fsp3) is 0.292. The van der Waals surface area contributed by atoms with E-state index >= 15 is 0 Å². The zero-order valence-electron chi connectivity index (χ0n) is 17.6. The Morgan fingerprint density at radius 1 is 1.25 bits per heavy atom. The Balaban J connectivity index is 1.32. The van der Waals surface area contributed by atoms with Crippen molar-refractivity contribution in [1.29, 1.82) is 0 Å². The Kier molecular flexibility index (Phi) is 6.10. The van der Waals surface area contributed by atoms with E-state index < -0.39 is 0 Å². The smallest absolute Gasteiger partial charge is 0.224 e. The van der Waals surface area contributed by atoms with Gasteiger partial charge in [0, 0.05) is 42.5 Å². The molecule has 1 aliphatic heterocycles. The summed E-state index contributed by atoms with van der Waals surface area (Å²) in [5.41, 5.74) is 2.62. The minimum absolute atomic E-state index is 0.0416. The highest BCUT2D eigenvalue weighted by Gasteiger charge is 2.27. The predicted molar refractivity (Wildman–Crippen MR) is 129 cm³/mol. The number of nitrogens with zero attached hydrogens (tertiary/aromatic N) is 4. The highest BCUT2D eigenvalue weighted by molar-refractivity contribution is 7.09. The van der Waals surface area contributed by atoms with E-state index in [2.05, 4.69) is 26.6 Å². The number of fused-ring (bicyclic) bond motifs is 1. The lowest BCUT2D eigenvalue weighted by atomic mass is 9.97. The quantitative estimate of drug-likeness (QED) is 0.449. The van der Waals surface area contributed by atoms with Crippen LogP contribution in [0.25, 0.3) is 16.8 Å². The van der Waals surface area contributed by atoms with Crippen LogP contribution < -0.4 is 10.2 Å². The fourth-order valence-corrected chi connectivity index (χ4v) is 5.19. The Morgan fingerprint density at radius 3 is 3.00 bits per heavy atom. The van der Waals surface area contributed by atoms with E-state index in [-0.39, 0.29) is 11.8 Å². The highest BCUT2D eigenvalue weighted by Crippen LogP contribution is 2.31. The van der Waals surface area contributed by atoms with Crippen LogP contribution in [-0.2, 0) is 11.2 Å². The van der Waals surface area contributed by atoms with Crippen LogP contribution in [0.15, 0.2) is 60.2 Å². The number of benzene rings is 1. The van der Waals surface area contributed by atoms with Crippen LogP contribution in [0.4, 0.5) is 5.82 Å². The summed E-state index contributed by atoms with van der Waals surface area (Å²) in [6.45, 7) is 2.20. The van der Waals surface area contributed by atoms with Crippen molar-refractivity contribution in [1.82, 2.24) is 19.9 Å². The van der Waals surface area contributed by atoms with Crippen molar-refractivity contribution in [2.24, 2.45) is 5.92 Å². The van der Waals surface area contributed by atoms with Gasteiger partial charge in [0.2, 0.25) is 5.91 Å². The molecule has 0 spiro atoms. The maximum absolute atomic E-state index is 12.8. The van der Waals surface area contributed by atoms with E-state index in [1.165, 1.54) is 4.88 Å². The molecular formula is C24H24ClN5OS. The summed E-state index contributed by atoms with van der Waals surface area (Å²) in [6, 6.07) is 13.9. The van der Waals surface area contributed by atoms with Crippen molar-refractivity contribution >= 4 is 40.2 Å². The summed E-state index contributed by atoms with van der Waals surface area (Å²) in [4.78, 5) is 21.0. The number of amides is 1. The number of halogens is 1. The molecule has 32 heavy (non-hydrogen) atoms. The van der Waals surface area contributed by atoms with Gasteiger partial charge in [0.05, 0.1) is 16.6 Å². The van der Waals surface area contributed by atoms with Gasteiger partial charge in [0.25, 0.3) is 0 Å². The lowest BCUT2D eigenvalue weighted by Crippen LogP contribution is -2.44. The second kappa shape index (κ2) is 9.30. The van der Waals surface area contributed by atoms with E-state index in [1.807, 2.05) is 47.1 Å². The predicted octanol–water partition coefficient (Wildman–Crippen LogP) is 4.69. The van der Waals surface area contributed by atoms with E-state index in [4.69, 9.17) is 16.7 Å². The maximum atomic E-state index is 12.8. The van der Waals surface area contributed by atoms with Gasteiger partial charge in [-0.2, -0.15) is 5.10 Å². The van der Waals surface area contributed by atoms with Gasteiger partial charge >= 0.3 is 0 Å². The molecule has 6 nitrogen and oxygen atoms in total. The van der Waals surface area contributed by atoms with E-state index in [1.54, 1.807) is 17.5 Å². The Labute approximate surface area is 195 Å². The lowest BCUT2D eigenvalue weighted by molar-refractivity contribution is -0.125. The number of hydrogen-bond acceptors (Lipinski definition) is 5. The average molecular weight is 466 g/mol. The molecule has 1 fully saturated rings. The fourth-order valence-electron chi connectivity index (χ4n) is 4.24. The number of piperidine rings is 1. The largest absolute Gasteiger partial charge is 0.355 e. The number of anilines is 1. The average Bonchev–Trinajstić information content (AvgIpc) is 3.49. The van der Waals surface area contributed by atoms with Crippen molar-refractivity contribution in [2.75, 3.05) is 24.5 Å². The van der Waals surface area contributed by atoms with Crippen molar-refractivity contribution in [2.45, 2.75) is 19.3 Å². The van der Waals surface area contributed by atoms with Crippen LogP contribution >= 0.6 is 22.9 Å². The van der Waals surface area contributed by atoms with Gasteiger partial charge in [-0.25, -0.2) is 9.50 Å². The number of rotatable bonds is 6. The summed E-state index contributed by atoms with van der Waals surface area (Å²) in [6.07, 6.45) is 6.33. The van der Waals surface area contributed by atoms with E-state index in [0.29, 0.717) is 18.1 Å². The molecule has 0 saturated carbocycles. The number of carbonyl (C=O) groups is 1. The molecule has 8 heteroatoms. The summed E-state index contributed by atoms with van der Waals surface area (Å²) < 4.78 is 1.84. The van der Waals surface area contributed by atoms with Crippen molar-refractivity contribution in [3.8, 4) is 11.3 Å². The van der Waals surface area contributed by atoms with Crippen LogP contribution in [0.1, 0.15) is 17.7 Å². The van der Waals surface area contributed by atoms with Crippen LogP contribution in [0, 0.1) is 5.92 Å². The summed E-state index contributed by atoms with van der Waals surface area (Å²) in [5.74, 6) is 0.943. The molecule has 164 valence electrons. The molecule has 1 atom stereocenters. The maximum Gasteiger partial charge on any atom is 0.224 e. The van der Waals surface area contributed by atoms with Gasteiger partial charge in [0.1, 0.15) is 5.52 Å². The van der Waals surface area contributed by atoms with Gasteiger partial charge in [-0.3, -0.25) is 4.79 Å². The topological polar surface area (TPSA) is 62.5 Å². The minimum Gasteiger partial charge on any atom is -0.355 e. The van der Waals surface area contributed by atoms with Crippen molar-refractivity contribution < 1.29 is 4.79 Å². The van der Waals surface area contributed by atoms with Crippen LogP contribution in [0.3, 0.4) is 0 Å². The SMILES string of the molecule is O=C(NCCc1cccs1)[C@@H]1CCCN(c2nccn3nc(-c4ccccc4Cl)cc23)C1. The molecule has 0 radical (unpaired) electrons. The van der Waals surface area contributed by atoms with Crippen LogP contribution in [-0.4, -0.2) is 40.1 Å². The molecule has 1 amide bonds. The molecule has 0 bridgehead atoms. The number of carbonyl (C=O) groups excluding carboxylic acids is 1. The first-order valence-electron chi connectivity index (χ1n) is 10.8. The first-order valence-corrected chi connectivity index (χ1v) is 12.1. The Hall–Kier alpha value is -2.90. The number of hydrogen-bond donors (Lipinski definition) is 1. The Bertz CT molecular complexity index is 1220. The van der Waals surface area contributed by atoms with E-state index in [0.717, 1.165) is 48.4 Å². The molecule has 1 aromatic carbocycles. The first kappa shape index (κ1) is 21.0. The normalized spacial score (nSPS) is 16.4. The molecule has 3 aromatic heterocycles. The minimum atomic E-state index is -0.0416. The summed E-state index contributed by atoms with van der Waals surface area (Å²) >= 11 is 8.11.